The van der Waals surface area contributed by atoms with Gasteiger partial charge in [-0.05, 0) is 12.1 Å². The lowest BCUT2D eigenvalue weighted by Gasteiger charge is -2.34. The summed E-state index contributed by atoms with van der Waals surface area (Å²) in [6.07, 6.45) is 3.59. The van der Waals surface area contributed by atoms with Crippen LogP contribution in [0.4, 0.5) is 0 Å². The summed E-state index contributed by atoms with van der Waals surface area (Å²) in [6, 6.07) is 7.70. The number of hydrogen-bond acceptors (Lipinski definition) is 5. The Balaban J connectivity index is 1.60. The number of carbonyl (C=O) groups excluding carboxylic acids is 2. The summed E-state index contributed by atoms with van der Waals surface area (Å²) in [5.74, 6) is 1.22. The molecule has 0 unspecified atom stereocenters. The van der Waals surface area contributed by atoms with E-state index in [2.05, 4.69) is 4.98 Å². The SMILES string of the molecule is COc1cccc(-n2ccnc2SCC(=O)N2CCN(C(C)=O)CC2)c1. The number of thioether (sulfide) groups is 1. The fourth-order valence-corrected chi connectivity index (χ4v) is 3.72. The highest BCUT2D eigenvalue weighted by molar-refractivity contribution is 7.99. The molecule has 2 heterocycles. The number of carbonyl (C=O) groups is 2. The van der Waals surface area contributed by atoms with E-state index >= 15 is 0 Å². The smallest absolute Gasteiger partial charge is 0.233 e. The Morgan fingerprint density at radius 3 is 2.62 bits per heavy atom. The second-order valence-electron chi connectivity index (χ2n) is 5.96. The molecule has 7 nitrogen and oxygen atoms in total. The van der Waals surface area contributed by atoms with Gasteiger partial charge < -0.3 is 14.5 Å². The second kappa shape index (κ2) is 8.27. The molecule has 26 heavy (non-hydrogen) atoms. The number of piperazine rings is 1. The summed E-state index contributed by atoms with van der Waals surface area (Å²) < 4.78 is 7.21. The van der Waals surface area contributed by atoms with Crippen molar-refractivity contribution in [2.75, 3.05) is 39.0 Å². The molecular weight excluding hydrogens is 352 g/mol. The standard InChI is InChI=1S/C18H22N4O3S/c1-14(23)20-8-10-21(11-9-20)17(24)13-26-18-19-6-7-22(18)15-4-3-5-16(12-15)25-2/h3-7,12H,8-11,13H2,1-2H3. The highest BCUT2D eigenvalue weighted by atomic mass is 32.2. The average molecular weight is 374 g/mol. The fourth-order valence-electron chi connectivity index (χ4n) is 2.84. The minimum absolute atomic E-state index is 0.0618. The zero-order chi connectivity index (χ0) is 18.5. The van der Waals surface area contributed by atoms with Gasteiger partial charge in [-0.15, -0.1) is 0 Å². The summed E-state index contributed by atoms with van der Waals surface area (Å²) in [5.41, 5.74) is 0.937. The first-order valence-corrected chi connectivity index (χ1v) is 9.41. The van der Waals surface area contributed by atoms with Crippen LogP contribution < -0.4 is 4.74 Å². The first kappa shape index (κ1) is 18.3. The molecule has 2 aromatic rings. The van der Waals surface area contributed by atoms with Gasteiger partial charge >= 0.3 is 0 Å². The van der Waals surface area contributed by atoms with Gasteiger partial charge in [0.05, 0.1) is 18.6 Å². The van der Waals surface area contributed by atoms with Gasteiger partial charge in [0.15, 0.2) is 5.16 Å². The summed E-state index contributed by atoms with van der Waals surface area (Å²) in [7, 11) is 1.63. The Kier molecular flexibility index (Phi) is 5.82. The Hall–Kier alpha value is -2.48. The number of hydrogen-bond donors (Lipinski definition) is 0. The molecule has 0 N–H and O–H groups in total. The monoisotopic (exact) mass is 374 g/mol. The minimum atomic E-state index is 0.0618. The van der Waals surface area contributed by atoms with Crippen molar-refractivity contribution in [3.05, 3.63) is 36.7 Å². The van der Waals surface area contributed by atoms with Crippen molar-refractivity contribution in [3.63, 3.8) is 0 Å². The van der Waals surface area contributed by atoms with Gasteiger partial charge in [0.1, 0.15) is 5.75 Å². The van der Waals surface area contributed by atoms with Crippen molar-refractivity contribution in [1.82, 2.24) is 19.4 Å². The van der Waals surface area contributed by atoms with E-state index in [9.17, 15) is 9.59 Å². The van der Waals surface area contributed by atoms with Crippen LogP contribution in [0.5, 0.6) is 5.75 Å². The molecule has 3 rings (SSSR count). The topological polar surface area (TPSA) is 67.7 Å². The molecular formula is C18H22N4O3S. The van der Waals surface area contributed by atoms with Crippen LogP contribution in [0.2, 0.25) is 0 Å². The van der Waals surface area contributed by atoms with Crippen molar-refractivity contribution in [1.29, 1.82) is 0 Å². The van der Waals surface area contributed by atoms with Gasteiger partial charge in [-0.3, -0.25) is 14.2 Å². The second-order valence-corrected chi connectivity index (χ2v) is 6.90. The predicted molar refractivity (Wildman–Crippen MR) is 99.7 cm³/mol. The molecule has 8 heteroatoms. The van der Waals surface area contributed by atoms with E-state index in [1.807, 2.05) is 39.9 Å². The molecule has 1 fully saturated rings. The first-order chi connectivity index (χ1) is 12.6. The quantitative estimate of drug-likeness (QED) is 0.745. The Bertz CT molecular complexity index is 784. The summed E-state index contributed by atoms with van der Waals surface area (Å²) >= 11 is 1.41. The lowest BCUT2D eigenvalue weighted by atomic mass is 10.3. The van der Waals surface area contributed by atoms with E-state index in [1.165, 1.54) is 11.8 Å². The van der Waals surface area contributed by atoms with Crippen LogP contribution in [0, 0.1) is 0 Å². The number of ether oxygens (including phenoxy) is 1. The molecule has 0 aliphatic carbocycles. The van der Waals surface area contributed by atoms with Crippen LogP contribution in [0.15, 0.2) is 41.8 Å². The minimum Gasteiger partial charge on any atom is -0.497 e. The molecule has 1 aromatic carbocycles. The van der Waals surface area contributed by atoms with Gasteiger partial charge in [-0.2, -0.15) is 0 Å². The third kappa shape index (κ3) is 4.19. The molecule has 2 amide bonds. The van der Waals surface area contributed by atoms with Crippen molar-refractivity contribution in [2.45, 2.75) is 12.1 Å². The van der Waals surface area contributed by atoms with Gasteiger partial charge in [0.2, 0.25) is 11.8 Å². The maximum Gasteiger partial charge on any atom is 0.233 e. The van der Waals surface area contributed by atoms with E-state index in [4.69, 9.17) is 4.74 Å². The van der Waals surface area contributed by atoms with Crippen molar-refractivity contribution in [2.24, 2.45) is 0 Å². The normalized spacial score (nSPS) is 14.4. The number of methoxy groups -OCH3 is 1. The van der Waals surface area contributed by atoms with Crippen LogP contribution in [0.3, 0.4) is 0 Å². The zero-order valence-corrected chi connectivity index (χ0v) is 15.7. The third-order valence-corrected chi connectivity index (χ3v) is 5.29. The largest absolute Gasteiger partial charge is 0.497 e. The van der Waals surface area contributed by atoms with Gasteiger partial charge in [-0.25, -0.2) is 4.98 Å². The highest BCUT2D eigenvalue weighted by Gasteiger charge is 2.22. The maximum atomic E-state index is 12.5. The fraction of sp³-hybridized carbons (Fsp3) is 0.389. The van der Waals surface area contributed by atoms with Gasteiger partial charge in [0, 0.05) is 51.6 Å². The molecule has 1 aromatic heterocycles. The maximum absolute atomic E-state index is 12.5. The third-order valence-electron chi connectivity index (χ3n) is 4.34. The molecule has 1 saturated heterocycles. The number of aromatic nitrogens is 2. The molecule has 0 atom stereocenters. The zero-order valence-electron chi connectivity index (χ0n) is 14.9. The van der Waals surface area contributed by atoms with Crippen molar-refractivity contribution in [3.8, 4) is 11.4 Å². The number of rotatable bonds is 5. The molecule has 0 bridgehead atoms. The molecule has 1 aliphatic rings. The highest BCUT2D eigenvalue weighted by Crippen LogP contribution is 2.23. The average Bonchev–Trinajstić information content (AvgIpc) is 3.15. The Labute approximate surface area is 156 Å². The van der Waals surface area contributed by atoms with E-state index in [-0.39, 0.29) is 11.8 Å². The summed E-state index contributed by atoms with van der Waals surface area (Å²) in [5, 5.41) is 0.758. The van der Waals surface area contributed by atoms with Crippen LogP contribution in [-0.4, -0.2) is 70.2 Å². The van der Waals surface area contributed by atoms with E-state index in [0.29, 0.717) is 31.9 Å². The number of benzene rings is 1. The van der Waals surface area contributed by atoms with Crippen LogP contribution in [0.25, 0.3) is 5.69 Å². The first-order valence-electron chi connectivity index (χ1n) is 8.42. The Morgan fingerprint density at radius 2 is 1.92 bits per heavy atom. The van der Waals surface area contributed by atoms with Crippen LogP contribution in [0.1, 0.15) is 6.92 Å². The molecule has 1 aliphatic heterocycles. The number of nitrogens with zero attached hydrogens (tertiary/aromatic N) is 4. The van der Waals surface area contributed by atoms with Gasteiger partial charge in [0.25, 0.3) is 0 Å². The van der Waals surface area contributed by atoms with E-state index in [0.717, 1.165) is 16.6 Å². The molecule has 0 spiro atoms. The summed E-state index contributed by atoms with van der Waals surface area (Å²) in [6.45, 7) is 3.94. The summed E-state index contributed by atoms with van der Waals surface area (Å²) in [4.78, 5) is 31.8. The number of amides is 2. The lowest BCUT2D eigenvalue weighted by molar-refractivity contribution is -0.136. The van der Waals surface area contributed by atoms with Crippen LogP contribution >= 0.6 is 11.8 Å². The molecule has 0 saturated carbocycles. The van der Waals surface area contributed by atoms with Gasteiger partial charge in [-0.1, -0.05) is 17.8 Å². The Morgan fingerprint density at radius 1 is 1.19 bits per heavy atom. The number of imidazole rings is 1. The lowest BCUT2D eigenvalue weighted by Crippen LogP contribution is -2.50. The van der Waals surface area contributed by atoms with Crippen LogP contribution in [-0.2, 0) is 9.59 Å². The molecule has 138 valence electrons. The molecule has 0 radical (unpaired) electrons. The van der Waals surface area contributed by atoms with E-state index in [1.54, 1.807) is 25.1 Å². The predicted octanol–water partition coefficient (Wildman–Crippen LogP) is 1.66. The van der Waals surface area contributed by atoms with E-state index < -0.39 is 0 Å². The van der Waals surface area contributed by atoms with Crippen molar-refractivity contribution >= 4 is 23.6 Å². The van der Waals surface area contributed by atoms with Crippen molar-refractivity contribution < 1.29 is 14.3 Å².